The van der Waals surface area contributed by atoms with E-state index in [9.17, 15) is 9.59 Å². The van der Waals surface area contributed by atoms with Crippen LogP contribution in [0.1, 0.15) is 57.3 Å². The summed E-state index contributed by atoms with van der Waals surface area (Å²) >= 11 is 0. The minimum atomic E-state index is -0.865. The quantitative estimate of drug-likeness (QED) is 0.639. The molecule has 0 radical (unpaired) electrons. The van der Waals surface area contributed by atoms with Crippen molar-refractivity contribution in [1.29, 1.82) is 0 Å². The summed E-state index contributed by atoms with van der Waals surface area (Å²) in [5.41, 5.74) is 1.17. The van der Waals surface area contributed by atoms with Crippen molar-refractivity contribution in [2.75, 3.05) is 13.6 Å². The molecule has 2 atom stereocenters. The second kappa shape index (κ2) is 10.1. The first-order valence-corrected chi connectivity index (χ1v) is 10.1. The van der Waals surface area contributed by atoms with Crippen molar-refractivity contribution >= 4 is 12.1 Å². The molecule has 0 fully saturated rings. The predicted octanol–water partition coefficient (Wildman–Crippen LogP) is 5.25. The number of carboxylic acids is 1. The smallest absolute Gasteiger partial charge is 0.410 e. The van der Waals surface area contributed by atoms with Crippen LogP contribution in [0.25, 0.3) is 0 Å². The Bertz CT molecular complexity index is 827. The molecule has 0 spiro atoms. The van der Waals surface area contributed by atoms with Crippen LogP contribution in [0.2, 0.25) is 0 Å². The van der Waals surface area contributed by atoms with Gasteiger partial charge >= 0.3 is 12.1 Å². The van der Waals surface area contributed by atoms with Gasteiger partial charge in [-0.15, -0.1) is 0 Å². The molecule has 0 heterocycles. The Morgan fingerprint density at radius 1 is 1.00 bits per heavy atom. The van der Waals surface area contributed by atoms with E-state index < -0.39 is 17.5 Å². The highest BCUT2D eigenvalue weighted by molar-refractivity contribution is 5.75. The van der Waals surface area contributed by atoms with Crippen LogP contribution < -0.4 is 4.74 Å². The summed E-state index contributed by atoms with van der Waals surface area (Å²) in [7, 11) is 1.71. The number of nitrogens with zero attached hydrogens (tertiary/aromatic N) is 1. The van der Waals surface area contributed by atoms with E-state index in [1.807, 2.05) is 51.1 Å². The standard InChI is InChI=1S/C24H31NO5/c1-17(22(26)27)18-11-13-20(14-12-18)29-21(19-9-7-6-8-10-19)15-16-25(5)23(28)30-24(2,3)4/h6-14,17,21H,15-16H2,1-5H3,(H,26,27)/t17-,21?/m1/s1. The maximum atomic E-state index is 12.2. The fraction of sp³-hybridized carbons (Fsp3) is 0.417. The summed E-state index contributed by atoms with van der Waals surface area (Å²) < 4.78 is 11.6. The summed E-state index contributed by atoms with van der Waals surface area (Å²) in [5, 5.41) is 9.16. The number of carbonyl (C=O) groups excluding carboxylic acids is 1. The van der Waals surface area contributed by atoms with Crippen LogP contribution in [0.3, 0.4) is 0 Å². The van der Waals surface area contributed by atoms with Crippen LogP contribution >= 0.6 is 0 Å². The van der Waals surface area contributed by atoms with E-state index >= 15 is 0 Å². The third kappa shape index (κ3) is 7.10. The average molecular weight is 414 g/mol. The van der Waals surface area contributed by atoms with E-state index in [0.29, 0.717) is 18.7 Å². The fourth-order valence-electron chi connectivity index (χ4n) is 2.85. The zero-order valence-corrected chi connectivity index (χ0v) is 18.3. The molecule has 1 unspecified atom stereocenters. The van der Waals surface area contributed by atoms with Gasteiger partial charge in [-0.1, -0.05) is 42.5 Å². The first-order valence-electron chi connectivity index (χ1n) is 10.1. The van der Waals surface area contributed by atoms with E-state index in [4.69, 9.17) is 14.6 Å². The zero-order valence-electron chi connectivity index (χ0n) is 18.3. The van der Waals surface area contributed by atoms with Crippen molar-refractivity contribution < 1.29 is 24.2 Å². The Morgan fingerprint density at radius 2 is 1.60 bits per heavy atom. The summed E-state index contributed by atoms with van der Waals surface area (Å²) in [4.78, 5) is 24.9. The van der Waals surface area contributed by atoms with E-state index in [0.717, 1.165) is 11.1 Å². The van der Waals surface area contributed by atoms with Gasteiger partial charge < -0.3 is 19.5 Å². The minimum absolute atomic E-state index is 0.265. The SMILES string of the molecule is C[C@@H](C(=O)O)c1ccc(OC(CCN(C)C(=O)OC(C)(C)C)c2ccccc2)cc1. The molecule has 30 heavy (non-hydrogen) atoms. The molecular formula is C24H31NO5. The zero-order chi connectivity index (χ0) is 22.3. The van der Waals surface area contributed by atoms with Crippen molar-refractivity contribution in [2.24, 2.45) is 0 Å². The minimum Gasteiger partial charge on any atom is -0.486 e. The fourth-order valence-corrected chi connectivity index (χ4v) is 2.85. The van der Waals surface area contributed by atoms with E-state index in [1.54, 1.807) is 43.1 Å². The Balaban J connectivity index is 2.09. The lowest BCUT2D eigenvalue weighted by molar-refractivity contribution is -0.138. The largest absolute Gasteiger partial charge is 0.486 e. The maximum Gasteiger partial charge on any atom is 0.410 e. The van der Waals surface area contributed by atoms with E-state index in [2.05, 4.69) is 0 Å². The Kier molecular flexibility index (Phi) is 7.86. The molecule has 2 aromatic rings. The number of benzene rings is 2. The number of hydrogen-bond acceptors (Lipinski definition) is 4. The van der Waals surface area contributed by atoms with Gasteiger partial charge in [0.05, 0.1) is 5.92 Å². The summed E-state index contributed by atoms with van der Waals surface area (Å²) in [6.07, 6.45) is -0.0623. The maximum absolute atomic E-state index is 12.2. The second-order valence-corrected chi connectivity index (χ2v) is 8.34. The normalized spacial score (nSPS) is 13.2. The number of carbonyl (C=O) groups is 2. The molecule has 2 rings (SSSR count). The number of ether oxygens (including phenoxy) is 2. The molecular weight excluding hydrogens is 382 g/mol. The van der Waals surface area contributed by atoms with Crippen LogP contribution in [-0.2, 0) is 9.53 Å². The van der Waals surface area contributed by atoms with Crippen LogP contribution in [0.4, 0.5) is 4.79 Å². The van der Waals surface area contributed by atoms with Gasteiger partial charge in [0.15, 0.2) is 0 Å². The highest BCUT2D eigenvalue weighted by Crippen LogP contribution is 2.27. The average Bonchev–Trinajstić information content (AvgIpc) is 2.70. The molecule has 0 bridgehead atoms. The van der Waals surface area contributed by atoms with Crippen LogP contribution in [-0.4, -0.2) is 41.3 Å². The molecule has 6 heteroatoms. The number of carboxylic acid groups (broad SMARTS) is 1. The molecule has 0 saturated carbocycles. The summed E-state index contributed by atoms with van der Waals surface area (Å²) in [5.74, 6) is -0.799. The Morgan fingerprint density at radius 3 is 2.13 bits per heavy atom. The van der Waals surface area contributed by atoms with Crippen LogP contribution in [0.5, 0.6) is 5.75 Å². The number of aliphatic carboxylic acids is 1. The predicted molar refractivity (Wildman–Crippen MR) is 116 cm³/mol. The van der Waals surface area contributed by atoms with Gasteiger partial charge in [0, 0.05) is 20.0 Å². The summed E-state index contributed by atoms with van der Waals surface area (Å²) in [6, 6.07) is 16.9. The van der Waals surface area contributed by atoms with Crippen molar-refractivity contribution in [3.05, 3.63) is 65.7 Å². The van der Waals surface area contributed by atoms with E-state index in [-0.39, 0.29) is 12.2 Å². The van der Waals surface area contributed by atoms with Crippen molar-refractivity contribution in [3.8, 4) is 5.75 Å². The lowest BCUT2D eigenvalue weighted by Gasteiger charge is -2.26. The molecule has 2 aromatic carbocycles. The van der Waals surface area contributed by atoms with Crippen molar-refractivity contribution in [2.45, 2.75) is 51.7 Å². The molecule has 1 N–H and O–H groups in total. The van der Waals surface area contributed by atoms with Crippen LogP contribution in [0, 0.1) is 0 Å². The first kappa shape index (κ1) is 23.3. The Hall–Kier alpha value is -3.02. The monoisotopic (exact) mass is 413 g/mol. The number of amides is 1. The third-order valence-electron chi connectivity index (χ3n) is 4.63. The van der Waals surface area contributed by atoms with Gasteiger partial charge in [-0.25, -0.2) is 4.79 Å². The van der Waals surface area contributed by atoms with Gasteiger partial charge in [-0.3, -0.25) is 4.79 Å². The van der Waals surface area contributed by atoms with Gasteiger partial charge in [-0.05, 0) is 51.0 Å². The summed E-state index contributed by atoms with van der Waals surface area (Å²) in [6.45, 7) is 7.62. The topological polar surface area (TPSA) is 76.1 Å². The van der Waals surface area contributed by atoms with Crippen molar-refractivity contribution in [1.82, 2.24) is 4.90 Å². The molecule has 6 nitrogen and oxygen atoms in total. The highest BCUT2D eigenvalue weighted by Gasteiger charge is 2.22. The number of rotatable bonds is 8. The van der Waals surface area contributed by atoms with Gasteiger partial charge in [0.1, 0.15) is 17.5 Å². The second-order valence-electron chi connectivity index (χ2n) is 8.34. The highest BCUT2D eigenvalue weighted by atomic mass is 16.6. The van der Waals surface area contributed by atoms with Gasteiger partial charge in [0.2, 0.25) is 0 Å². The van der Waals surface area contributed by atoms with Gasteiger partial charge in [0.25, 0.3) is 0 Å². The van der Waals surface area contributed by atoms with E-state index in [1.165, 1.54) is 0 Å². The lowest BCUT2D eigenvalue weighted by atomic mass is 10.0. The molecule has 0 aromatic heterocycles. The number of hydrogen-bond donors (Lipinski definition) is 1. The molecule has 1 amide bonds. The molecule has 0 aliphatic carbocycles. The molecule has 0 saturated heterocycles. The van der Waals surface area contributed by atoms with Crippen LogP contribution in [0.15, 0.2) is 54.6 Å². The Labute approximate surface area is 178 Å². The molecule has 0 aliphatic heterocycles. The van der Waals surface area contributed by atoms with Crippen molar-refractivity contribution in [3.63, 3.8) is 0 Å². The molecule has 0 aliphatic rings. The van der Waals surface area contributed by atoms with Gasteiger partial charge in [-0.2, -0.15) is 0 Å². The lowest BCUT2D eigenvalue weighted by Crippen LogP contribution is -2.35. The third-order valence-corrected chi connectivity index (χ3v) is 4.63. The first-order chi connectivity index (χ1) is 14.1. The molecule has 162 valence electrons.